The van der Waals surface area contributed by atoms with Gasteiger partial charge in [-0.2, -0.15) is 4.31 Å². The Labute approximate surface area is 173 Å². The summed E-state index contributed by atoms with van der Waals surface area (Å²) < 4.78 is 27.5. The average molecular weight is 431 g/mol. The Morgan fingerprint density at radius 2 is 1.79 bits per heavy atom. The SMILES string of the molecule is CC1CC(C)CN(S(=O)(=O)c2ccc(C(=O)Nc3ncnc4sccc34)cc2)C1. The van der Waals surface area contributed by atoms with Gasteiger partial charge in [0.15, 0.2) is 0 Å². The molecule has 0 bridgehead atoms. The molecular formula is C20H22N4O3S2. The van der Waals surface area contributed by atoms with Crippen LogP contribution in [0.5, 0.6) is 0 Å². The van der Waals surface area contributed by atoms with Gasteiger partial charge in [-0.3, -0.25) is 4.79 Å². The van der Waals surface area contributed by atoms with E-state index in [0.717, 1.165) is 16.6 Å². The lowest BCUT2D eigenvalue weighted by atomic mass is 9.94. The summed E-state index contributed by atoms with van der Waals surface area (Å²) in [5.74, 6) is 0.760. The average Bonchev–Trinajstić information content (AvgIpc) is 3.17. The number of rotatable bonds is 4. The van der Waals surface area contributed by atoms with E-state index in [0.29, 0.717) is 36.3 Å². The predicted octanol–water partition coefficient (Wildman–Crippen LogP) is 3.61. The molecule has 2 unspecified atom stereocenters. The first-order valence-corrected chi connectivity index (χ1v) is 11.8. The number of sulfonamides is 1. The summed E-state index contributed by atoms with van der Waals surface area (Å²) in [6.45, 7) is 5.20. The molecule has 4 rings (SSSR count). The lowest BCUT2D eigenvalue weighted by Gasteiger charge is -2.34. The van der Waals surface area contributed by atoms with E-state index in [-0.39, 0.29) is 10.8 Å². The van der Waals surface area contributed by atoms with Gasteiger partial charge in [-0.05, 0) is 54.0 Å². The highest BCUT2D eigenvalue weighted by molar-refractivity contribution is 7.89. The van der Waals surface area contributed by atoms with Crippen LogP contribution in [-0.2, 0) is 10.0 Å². The molecule has 1 N–H and O–H groups in total. The van der Waals surface area contributed by atoms with Crippen LogP contribution in [0, 0.1) is 11.8 Å². The summed E-state index contributed by atoms with van der Waals surface area (Å²) in [5, 5.41) is 5.44. The summed E-state index contributed by atoms with van der Waals surface area (Å²) in [4.78, 5) is 21.9. The first kappa shape index (κ1) is 19.9. The number of hydrogen-bond acceptors (Lipinski definition) is 6. The Bertz CT molecular complexity index is 1130. The van der Waals surface area contributed by atoms with Crippen molar-refractivity contribution in [3.63, 3.8) is 0 Å². The minimum Gasteiger partial charge on any atom is -0.306 e. The molecule has 7 nitrogen and oxygen atoms in total. The van der Waals surface area contributed by atoms with Gasteiger partial charge in [0.25, 0.3) is 5.91 Å². The maximum absolute atomic E-state index is 13.0. The lowest BCUT2D eigenvalue weighted by Crippen LogP contribution is -2.42. The second kappa shape index (κ2) is 7.81. The molecule has 0 aliphatic carbocycles. The Morgan fingerprint density at radius 1 is 1.10 bits per heavy atom. The highest BCUT2D eigenvalue weighted by Crippen LogP contribution is 2.27. The number of aromatic nitrogens is 2. The van der Waals surface area contributed by atoms with E-state index in [2.05, 4.69) is 29.1 Å². The van der Waals surface area contributed by atoms with Crippen LogP contribution in [0.3, 0.4) is 0 Å². The van der Waals surface area contributed by atoms with Crippen LogP contribution < -0.4 is 5.32 Å². The number of nitrogens with zero attached hydrogens (tertiary/aromatic N) is 3. The number of anilines is 1. The summed E-state index contributed by atoms with van der Waals surface area (Å²) >= 11 is 1.47. The van der Waals surface area contributed by atoms with E-state index in [9.17, 15) is 13.2 Å². The molecule has 1 aliphatic rings. The third-order valence-corrected chi connectivity index (χ3v) is 7.75. The molecule has 9 heteroatoms. The van der Waals surface area contributed by atoms with Gasteiger partial charge >= 0.3 is 0 Å². The third kappa shape index (κ3) is 4.03. The number of hydrogen-bond donors (Lipinski definition) is 1. The summed E-state index contributed by atoms with van der Waals surface area (Å²) in [6, 6.07) is 7.91. The van der Waals surface area contributed by atoms with Gasteiger partial charge < -0.3 is 5.32 Å². The zero-order chi connectivity index (χ0) is 20.6. The van der Waals surface area contributed by atoms with Gasteiger partial charge in [-0.25, -0.2) is 18.4 Å². The van der Waals surface area contributed by atoms with E-state index in [1.807, 2.05) is 11.4 Å². The molecule has 1 aliphatic heterocycles. The highest BCUT2D eigenvalue weighted by atomic mass is 32.2. The van der Waals surface area contributed by atoms with Gasteiger partial charge in [-0.1, -0.05) is 13.8 Å². The molecule has 0 radical (unpaired) electrons. The molecular weight excluding hydrogens is 408 g/mol. The number of thiophene rings is 1. The monoisotopic (exact) mass is 430 g/mol. The van der Waals surface area contributed by atoms with Crippen LogP contribution in [-0.4, -0.2) is 41.7 Å². The van der Waals surface area contributed by atoms with Crippen molar-refractivity contribution in [2.45, 2.75) is 25.2 Å². The van der Waals surface area contributed by atoms with Crippen molar-refractivity contribution in [1.82, 2.24) is 14.3 Å². The quantitative estimate of drug-likeness (QED) is 0.683. The first-order chi connectivity index (χ1) is 13.8. The van der Waals surface area contributed by atoms with Crippen LogP contribution >= 0.6 is 11.3 Å². The molecule has 1 fully saturated rings. The van der Waals surface area contributed by atoms with Crippen molar-refractivity contribution in [1.29, 1.82) is 0 Å². The molecule has 1 saturated heterocycles. The maximum atomic E-state index is 13.0. The Morgan fingerprint density at radius 3 is 2.48 bits per heavy atom. The molecule has 29 heavy (non-hydrogen) atoms. The Hall–Kier alpha value is -2.36. The van der Waals surface area contributed by atoms with Gasteiger partial charge in [0.2, 0.25) is 10.0 Å². The second-order valence-corrected chi connectivity index (χ2v) is 10.4. The largest absolute Gasteiger partial charge is 0.306 e. The van der Waals surface area contributed by atoms with Crippen molar-refractivity contribution < 1.29 is 13.2 Å². The van der Waals surface area contributed by atoms with Crippen LogP contribution in [0.1, 0.15) is 30.6 Å². The number of nitrogens with one attached hydrogen (secondary N) is 1. The maximum Gasteiger partial charge on any atom is 0.256 e. The Kier molecular flexibility index (Phi) is 5.37. The molecule has 3 aromatic rings. The minimum atomic E-state index is -3.57. The minimum absolute atomic E-state index is 0.206. The topological polar surface area (TPSA) is 92.3 Å². The van der Waals surface area contributed by atoms with Crippen LogP contribution in [0.2, 0.25) is 0 Å². The van der Waals surface area contributed by atoms with Gasteiger partial charge in [-0.15, -0.1) is 11.3 Å². The lowest BCUT2D eigenvalue weighted by molar-refractivity contribution is 0.102. The van der Waals surface area contributed by atoms with Crippen molar-refractivity contribution in [2.75, 3.05) is 18.4 Å². The molecule has 2 atom stereocenters. The molecule has 0 spiro atoms. The fourth-order valence-corrected chi connectivity index (χ4v) is 6.21. The van der Waals surface area contributed by atoms with Crippen molar-refractivity contribution >= 4 is 43.3 Å². The number of carbonyl (C=O) groups excluding carboxylic acids is 1. The Balaban J connectivity index is 1.53. The van der Waals surface area contributed by atoms with Crippen molar-refractivity contribution in [2.24, 2.45) is 11.8 Å². The zero-order valence-electron chi connectivity index (χ0n) is 16.2. The van der Waals surface area contributed by atoms with E-state index < -0.39 is 10.0 Å². The van der Waals surface area contributed by atoms with E-state index in [1.165, 1.54) is 41.9 Å². The van der Waals surface area contributed by atoms with Crippen molar-refractivity contribution in [3.05, 3.63) is 47.6 Å². The predicted molar refractivity (Wildman–Crippen MR) is 114 cm³/mol. The standard InChI is InChI=1S/C20H22N4O3S2/c1-13-9-14(2)11-24(10-13)29(26,27)16-5-3-15(4-6-16)19(25)23-18-17-7-8-28-20(17)22-12-21-18/h3-8,12-14H,9-11H2,1-2H3,(H,21,22,23,25). The molecule has 152 valence electrons. The van der Waals surface area contributed by atoms with Gasteiger partial charge in [0, 0.05) is 18.7 Å². The zero-order valence-corrected chi connectivity index (χ0v) is 17.8. The smallest absolute Gasteiger partial charge is 0.256 e. The number of benzene rings is 1. The number of piperidine rings is 1. The molecule has 2 aromatic heterocycles. The third-order valence-electron chi connectivity index (χ3n) is 5.08. The second-order valence-electron chi connectivity index (χ2n) is 7.61. The summed E-state index contributed by atoms with van der Waals surface area (Å²) in [5.41, 5.74) is 0.367. The molecule has 1 amide bonds. The number of carbonyl (C=O) groups is 1. The first-order valence-electron chi connectivity index (χ1n) is 9.44. The van der Waals surface area contributed by atoms with E-state index in [4.69, 9.17) is 0 Å². The van der Waals surface area contributed by atoms with E-state index >= 15 is 0 Å². The van der Waals surface area contributed by atoms with Gasteiger partial charge in [0.05, 0.1) is 10.3 Å². The molecule has 0 saturated carbocycles. The van der Waals surface area contributed by atoms with Crippen molar-refractivity contribution in [3.8, 4) is 0 Å². The number of amides is 1. The molecule has 1 aromatic carbocycles. The van der Waals surface area contributed by atoms with Crippen LogP contribution in [0.25, 0.3) is 10.2 Å². The number of fused-ring (bicyclic) bond motifs is 1. The van der Waals surface area contributed by atoms with Gasteiger partial charge in [0.1, 0.15) is 17.0 Å². The summed E-state index contributed by atoms with van der Waals surface area (Å²) in [6.07, 6.45) is 2.44. The van der Waals surface area contributed by atoms with E-state index in [1.54, 1.807) is 4.31 Å². The van der Waals surface area contributed by atoms with Crippen LogP contribution in [0.15, 0.2) is 46.9 Å². The molecule has 3 heterocycles. The normalized spacial score (nSPS) is 20.6. The highest BCUT2D eigenvalue weighted by Gasteiger charge is 2.31. The van der Waals surface area contributed by atoms with Crippen LogP contribution in [0.4, 0.5) is 5.82 Å². The fraction of sp³-hybridized carbons (Fsp3) is 0.350. The fourth-order valence-electron chi connectivity index (χ4n) is 3.80. The summed E-state index contributed by atoms with van der Waals surface area (Å²) in [7, 11) is -3.57.